The Balaban J connectivity index is 1.67. The van der Waals surface area contributed by atoms with Gasteiger partial charge in [0, 0.05) is 29.7 Å². The first kappa shape index (κ1) is 23.0. The molecule has 1 aliphatic rings. The van der Waals surface area contributed by atoms with Gasteiger partial charge >= 0.3 is 0 Å². The number of aromatic nitrogens is 1. The monoisotopic (exact) mass is 488 g/mol. The zero-order valence-electron chi connectivity index (χ0n) is 17.7. The van der Waals surface area contributed by atoms with Crippen LogP contribution < -0.4 is 10.2 Å². The van der Waals surface area contributed by atoms with Crippen molar-refractivity contribution in [1.29, 1.82) is 0 Å². The van der Waals surface area contributed by atoms with Crippen LogP contribution in [0.4, 0.5) is 10.1 Å². The summed E-state index contributed by atoms with van der Waals surface area (Å²) < 4.78 is 40.7. The molecule has 0 aliphatic carbocycles. The second-order valence-corrected chi connectivity index (χ2v) is 10.4. The third kappa shape index (κ3) is 5.10. The van der Waals surface area contributed by atoms with E-state index in [0.29, 0.717) is 11.4 Å². The molecule has 2 aromatic carbocycles. The van der Waals surface area contributed by atoms with Gasteiger partial charge in [0.15, 0.2) is 0 Å². The van der Waals surface area contributed by atoms with Crippen LogP contribution in [0.15, 0.2) is 58.8 Å². The smallest absolute Gasteiger partial charge is 0.258 e. The molecule has 0 radical (unpaired) electrons. The number of aryl methyl sites for hydroxylation is 1. The van der Waals surface area contributed by atoms with Crippen molar-refractivity contribution in [3.8, 4) is 0 Å². The number of hydrogen-bond acceptors (Lipinski definition) is 6. The highest BCUT2D eigenvalue weighted by Gasteiger charge is 2.30. The van der Waals surface area contributed by atoms with Crippen LogP contribution in [0.25, 0.3) is 0 Å². The van der Waals surface area contributed by atoms with Crippen molar-refractivity contribution in [2.45, 2.75) is 18.4 Å². The van der Waals surface area contributed by atoms with E-state index in [4.69, 9.17) is 0 Å². The number of piperazine rings is 1. The number of thiazole rings is 1. The van der Waals surface area contributed by atoms with Gasteiger partial charge in [-0.05, 0) is 49.4 Å². The number of rotatable bonds is 6. The molecule has 3 aromatic rings. The van der Waals surface area contributed by atoms with Gasteiger partial charge in [-0.1, -0.05) is 6.07 Å². The van der Waals surface area contributed by atoms with E-state index in [1.807, 2.05) is 12.3 Å². The van der Waals surface area contributed by atoms with Crippen LogP contribution in [0.2, 0.25) is 0 Å². The highest BCUT2D eigenvalue weighted by atomic mass is 32.2. The van der Waals surface area contributed by atoms with Crippen molar-refractivity contribution in [1.82, 2.24) is 14.6 Å². The standard InChI is InChI=1S/C22H21FN4O4S2/c1-15-25-18(14-32-15)12-27(19-7-5-17(23)6-8-19)22(29)16-3-2-4-20(11-16)33(30,31)26-10-9-24-21(28)13-26/h2-8,11,14H,9-10,12-13H2,1H3,(H,24,28). The van der Waals surface area contributed by atoms with Crippen molar-refractivity contribution < 1.29 is 22.4 Å². The average Bonchev–Trinajstić information content (AvgIpc) is 3.22. The quantitative estimate of drug-likeness (QED) is 0.575. The fourth-order valence-electron chi connectivity index (χ4n) is 3.46. The van der Waals surface area contributed by atoms with E-state index in [9.17, 15) is 22.4 Å². The molecule has 2 heterocycles. The predicted octanol–water partition coefficient (Wildman–Crippen LogP) is 2.56. The van der Waals surface area contributed by atoms with E-state index in [-0.39, 0.29) is 42.5 Å². The summed E-state index contributed by atoms with van der Waals surface area (Å²) in [7, 11) is -3.96. The molecular formula is C22H21FN4O4S2. The van der Waals surface area contributed by atoms with Gasteiger partial charge in [-0.25, -0.2) is 17.8 Å². The van der Waals surface area contributed by atoms with E-state index >= 15 is 0 Å². The maximum Gasteiger partial charge on any atom is 0.258 e. The molecule has 8 nitrogen and oxygen atoms in total. The van der Waals surface area contributed by atoms with Gasteiger partial charge in [0.05, 0.1) is 28.7 Å². The lowest BCUT2D eigenvalue weighted by Crippen LogP contribution is -2.49. The second-order valence-electron chi connectivity index (χ2n) is 7.44. The summed E-state index contributed by atoms with van der Waals surface area (Å²) >= 11 is 1.45. The molecular weight excluding hydrogens is 467 g/mol. The maximum atomic E-state index is 13.5. The molecule has 1 N–H and O–H groups in total. The lowest BCUT2D eigenvalue weighted by Gasteiger charge is -2.26. The van der Waals surface area contributed by atoms with Crippen LogP contribution in [0, 0.1) is 12.7 Å². The Hall–Kier alpha value is -3.15. The van der Waals surface area contributed by atoms with Gasteiger partial charge in [0.1, 0.15) is 5.82 Å². The number of anilines is 1. The summed E-state index contributed by atoms with van der Waals surface area (Å²) in [6.07, 6.45) is 0. The van der Waals surface area contributed by atoms with Gasteiger partial charge in [0.2, 0.25) is 15.9 Å². The third-order valence-electron chi connectivity index (χ3n) is 5.09. The van der Waals surface area contributed by atoms with Gasteiger partial charge in [-0.3, -0.25) is 9.59 Å². The van der Waals surface area contributed by atoms with E-state index in [0.717, 1.165) is 9.31 Å². The summed E-state index contributed by atoms with van der Waals surface area (Å²) in [5.74, 6) is -1.27. The Morgan fingerprint density at radius 1 is 1.24 bits per heavy atom. The maximum absolute atomic E-state index is 13.5. The molecule has 2 amide bonds. The fraction of sp³-hybridized carbons (Fsp3) is 0.227. The minimum absolute atomic E-state index is 0.0772. The van der Waals surface area contributed by atoms with E-state index in [1.54, 1.807) is 0 Å². The molecule has 11 heteroatoms. The molecule has 33 heavy (non-hydrogen) atoms. The average molecular weight is 489 g/mol. The van der Waals surface area contributed by atoms with Crippen molar-refractivity contribution >= 4 is 38.9 Å². The molecule has 0 saturated carbocycles. The Labute approximate surface area is 194 Å². The largest absolute Gasteiger partial charge is 0.354 e. The molecule has 1 aromatic heterocycles. The van der Waals surface area contributed by atoms with Crippen LogP contribution in [0.1, 0.15) is 21.1 Å². The van der Waals surface area contributed by atoms with Crippen molar-refractivity contribution in [3.63, 3.8) is 0 Å². The Kier molecular flexibility index (Phi) is 6.54. The van der Waals surface area contributed by atoms with E-state index < -0.39 is 21.7 Å². The number of amides is 2. The molecule has 0 atom stereocenters. The SMILES string of the molecule is Cc1nc(CN(C(=O)c2cccc(S(=O)(=O)N3CCNC(=O)C3)c2)c2ccc(F)cc2)cs1. The number of nitrogens with one attached hydrogen (secondary N) is 1. The van der Waals surface area contributed by atoms with E-state index in [1.165, 1.54) is 64.8 Å². The van der Waals surface area contributed by atoms with Crippen LogP contribution in [0.5, 0.6) is 0 Å². The number of sulfonamides is 1. The lowest BCUT2D eigenvalue weighted by atomic mass is 10.1. The number of halogens is 1. The topological polar surface area (TPSA) is 99.7 Å². The van der Waals surface area contributed by atoms with Crippen molar-refractivity contribution in [2.24, 2.45) is 0 Å². The van der Waals surface area contributed by atoms with Crippen LogP contribution >= 0.6 is 11.3 Å². The molecule has 172 valence electrons. The Morgan fingerprint density at radius 2 is 2.00 bits per heavy atom. The van der Waals surface area contributed by atoms with Crippen molar-refractivity contribution in [3.05, 3.63) is 76.0 Å². The normalized spacial score (nSPS) is 14.7. The number of benzene rings is 2. The first-order chi connectivity index (χ1) is 15.7. The van der Waals surface area contributed by atoms with E-state index in [2.05, 4.69) is 10.3 Å². The summed E-state index contributed by atoms with van der Waals surface area (Å²) in [6, 6.07) is 11.2. The number of nitrogens with zero attached hydrogens (tertiary/aromatic N) is 3. The summed E-state index contributed by atoms with van der Waals surface area (Å²) in [5.41, 5.74) is 1.26. The summed E-state index contributed by atoms with van der Waals surface area (Å²) in [4.78, 5) is 30.9. The fourth-order valence-corrected chi connectivity index (χ4v) is 5.51. The first-order valence-corrected chi connectivity index (χ1v) is 12.4. The number of carbonyl (C=O) groups excluding carboxylic acids is 2. The minimum Gasteiger partial charge on any atom is -0.354 e. The first-order valence-electron chi connectivity index (χ1n) is 10.1. The predicted molar refractivity (Wildman–Crippen MR) is 122 cm³/mol. The molecule has 0 spiro atoms. The Bertz CT molecular complexity index is 1290. The summed E-state index contributed by atoms with van der Waals surface area (Å²) in [5, 5.41) is 5.27. The Morgan fingerprint density at radius 3 is 2.67 bits per heavy atom. The molecule has 1 aliphatic heterocycles. The molecule has 0 unspecified atom stereocenters. The van der Waals surface area contributed by atoms with Gasteiger partial charge in [-0.2, -0.15) is 4.31 Å². The van der Waals surface area contributed by atoms with Crippen molar-refractivity contribution in [2.75, 3.05) is 24.5 Å². The number of hydrogen-bond donors (Lipinski definition) is 1. The van der Waals surface area contributed by atoms with Crippen LogP contribution in [-0.2, 0) is 21.4 Å². The third-order valence-corrected chi connectivity index (χ3v) is 7.76. The molecule has 4 rings (SSSR count). The highest BCUT2D eigenvalue weighted by Crippen LogP contribution is 2.24. The zero-order chi connectivity index (χ0) is 23.6. The van der Waals surface area contributed by atoms with Crippen LogP contribution in [-0.4, -0.2) is 49.2 Å². The highest BCUT2D eigenvalue weighted by molar-refractivity contribution is 7.89. The molecule has 1 saturated heterocycles. The zero-order valence-corrected chi connectivity index (χ0v) is 19.3. The van der Waals surface area contributed by atoms with Gasteiger partial charge in [0.25, 0.3) is 5.91 Å². The van der Waals surface area contributed by atoms with Crippen LogP contribution in [0.3, 0.4) is 0 Å². The number of carbonyl (C=O) groups is 2. The van der Waals surface area contributed by atoms with Gasteiger partial charge < -0.3 is 10.2 Å². The molecule has 0 bridgehead atoms. The lowest BCUT2D eigenvalue weighted by molar-refractivity contribution is -0.122. The minimum atomic E-state index is -3.96. The summed E-state index contributed by atoms with van der Waals surface area (Å²) in [6.45, 7) is 2.09. The van der Waals surface area contributed by atoms with Gasteiger partial charge in [-0.15, -0.1) is 11.3 Å². The second kappa shape index (κ2) is 9.38. The molecule has 1 fully saturated rings.